The molecule has 0 heterocycles. The molecule has 1 aromatic carbocycles. The predicted molar refractivity (Wildman–Crippen MR) is 104 cm³/mol. The Labute approximate surface area is 160 Å². The van der Waals surface area contributed by atoms with Gasteiger partial charge in [-0.3, -0.25) is 14.4 Å². The minimum absolute atomic E-state index is 0.211. The summed E-state index contributed by atoms with van der Waals surface area (Å²) in [7, 11) is 1.48. The van der Waals surface area contributed by atoms with Gasteiger partial charge in [0.15, 0.2) is 0 Å². The number of hydrogen-bond acceptors (Lipinski definition) is 5. The third-order valence-corrected chi connectivity index (χ3v) is 3.97. The van der Waals surface area contributed by atoms with Crippen LogP contribution >= 0.6 is 0 Å². The Morgan fingerprint density at radius 2 is 1.74 bits per heavy atom. The Morgan fingerprint density at radius 3 is 2.33 bits per heavy atom. The molecular formula is C19H30N4O4. The normalized spacial score (nSPS) is 11.5. The van der Waals surface area contributed by atoms with Crippen LogP contribution < -0.4 is 21.7 Å². The van der Waals surface area contributed by atoms with Crippen molar-refractivity contribution in [1.82, 2.24) is 10.6 Å². The monoisotopic (exact) mass is 378 g/mol. The Bertz CT molecular complexity index is 604. The van der Waals surface area contributed by atoms with Gasteiger partial charge in [0.1, 0.15) is 19.3 Å². The summed E-state index contributed by atoms with van der Waals surface area (Å²) in [6, 6.07) is 6.87. The highest BCUT2D eigenvalue weighted by Gasteiger charge is 2.20. The first kappa shape index (κ1) is 22.6. The molecule has 8 heteroatoms. The molecule has 27 heavy (non-hydrogen) atoms. The summed E-state index contributed by atoms with van der Waals surface area (Å²) < 4.78 is 5.02. The van der Waals surface area contributed by atoms with E-state index in [-0.39, 0.29) is 25.0 Å². The molecule has 0 fully saturated rings. The number of carbonyl (C=O) groups is 3. The number of aryl methyl sites for hydroxylation is 1. The minimum Gasteiger partial charge on any atom is -0.362 e. The van der Waals surface area contributed by atoms with Crippen LogP contribution in [-0.2, 0) is 25.5 Å². The number of nitrogens with two attached hydrogens (primary N) is 1. The molecule has 1 unspecified atom stereocenters. The molecule has 0 radical (unpaired) electrons. The summed E-state index contributed by atoms with van der Waals surface area (Å²) in [6.45, 7) is 2.08. The van der Waals surface area contributed by atoms with Crippen LogP contribution in [0.15, 0.2) is 24.3 Å². The lowest BCUT2D eigenvalue weighted by Gasteiger charge is -2.18. The van der Waals surface area contributed by atoms with Gasteiger partial charge in [0.25, 0.3) is 0 Å². The van der Waals surface area contributed by atoms with Crippen LogP contribution in [0.3, 0.4) is 0 Å². The fraction of sp³-hybridized carbons (Fsp3) is 0.526. The number of benzene rings is 1. The van der Waals surface area contributed by atoms with E-state index in [1.54, 1.807) is 0 Å². The molecule has 3 amide bonds. The van der Waals surface area contributed by atoms with Crippen molar-refractivity contribution < 1.29 is 19.1 Å². The van der Waals surface area contributed by atoms with E-state index in [0.29, 0.717) is 25.1 Å². The van der Waals surface area contributed by atoms with Crippen LogP contribution in [0.2, 0.25) is 0 Å². The average Bonchev–Trinajstić information content (AvgIpc) is 2.67. The highest BCUT2D eigenvalue weighted by atomic mass is 16.5. The molecule has 1 aromatic rings. The first-order chi connectivity index (χ1) is 13.0. The van der Waals surface area contributed by atoms with Gasteiger partial charge in [-0.2, -0.15) is 0 Å². The number of anilines is 1. The van der Waals surface area contributed by atoms with Gasteiger partial charge in [0, 0.05) is 12.7 Å². The molecule has 8 nitrogen and oxygen atoms in total. The largest absolute Gasteiger partial charge is 0.362 e. The second kappa shape index (κ2) is 12.8. The summed E-state index contributed by atoms with van der Waals surface area (Å²) in [4.78, 5) is 35.7. The van der Waals surface area contributed by atoms with Crippen LogP contribution in [0.25, 0.3) is 0 Å². The average molecular weight is 378 g/mol. The van der Waals surface area contributed by atoms with E-state index < -0.39 is 11.9 Å². The number of amides is 3. The molecule has 0 saturated carbocycles. The van der Waals surface area contributed by atoms with Crippen LogP contribution in [0, 0.1) is 0 Å². The lowest BCUT2D eigenvalue weighted by Crippen LogP contribution is -2.45. The first-order valence-corrected chi connectivity index (χ1v) is 9.17. The topological polar surface area (TPSA) is 123 Å². The Morgan fingerprint density at radius 1 is 1.07 bits per heavy atom. The molecule has 0 spiro atoms. The van der Waals surface area contributed by atoms with E-state index in [0.717, 1.165) is 12.8 Å². The molecular weight excluding hydrogens is 348 g/mol. The number of unbranched alkanes of at least 4 members (excludes halogenated alkanes) is 1. The van der Waals surface area contributed by atoms with Crippen molar-refractivity contribution in [2.45, 2.75) is 38.6 Å². The van der Waals surface area contributed by atoms with Gasteiger partial charge in [-0.25, -0.2) is 0 Å². The number of likely N-dealkylation sites (N-methyl/N-ethyl adjacent to an activating group) is 1. The highest BCUT2D eigenvalue weighted by molar-refractivity contribution is 5.97. The molecule has 0 aliphatic heterocycles. The predicted octanol–water partition coefficient (Wildman–Crippen LogP) is 0.564. The van der Waals surface area contributed by atoms with Crippen molar-refractivity contribution in [2.24, 2.45) is 5.73 Å². The van der Waals surface area contributed by atoms with Crippen LogP contribution in [0.1, 0.15) is 31.7 Å². The van der Waals surface area contributed by atoms with E-state index in [1.807, 2.05) is 24.3 Å². The van der Waals surface area contributed by atoms with E-state index in [4.69, 9.17) is 10.5 Å². The number of nitrogens with one attached hydrogen (secondary N) is 3. The molecule has 0 aromatic heterocycles. The van der Waals surface area contributed by atoms with Gasteiger partial charge in [-0.05, 0) is 49.9 Å². The van der Waals surface area contributed by atoms with Gasteiger partial charge in [-0.1, -0.05) is 19.1 Å². The van der Waals surface area contributed by atoms with Gasteiger partial charge >= 0.3 is 0 Å². The Kier molecular flexibility index (Phi) is 10.7. The van der Waals surface area contributed by atoms with Gasteiger partial charge in [-0.15, -0.1) is 0 Å². The van der Waals surface area contributed by atoms with Crippen molar-refractivity contribution >= 4 is 23.4 Å². The Balaban J connectivity index is 2.60. The number of rotatable bonds is 12. The summed E-state index contributed by atoms with van der Waals surface area (Å²) in [5.41, 5.74) is 7.35. The van der Waals surface area contributed by atoms with Gasteiger partial charge in [0.05, 0.1) is 0 Å². The first-order valence-electron chi connectivity index (χ1n) is 9.17. The van der Waals surface area contributed by atoms with Gasteiger partial charge in [0.2, 0.25) is 17.7 Å². The van der Waals surface area contributed by atoms with Crippen molar-refractivity contribution in [2.75, 3.05) is 32.1 Å². The van der Waals surface area contributed by atoms with Crippen molar-refractivity contribution in [3.63, 3.8) is 0 Å². The molecule has 5 N–H and O–H groups in total. The number of hydrogen-bond donors (Lipinski definition) is 4. The quantitative estimate of drug-likeness (QED) is 0.396. The van der Waals surface area contributed by atoms with Crippen molar-refractivity contribution in [3.05, 3.63) is 29.8 Å². The van der Waals surface area contributed by atoms with E-state index in [1.165, 1.54) is 12.6 Å². The molecule has 1 rings (SSSR count). The van der Waals surface area contributed by atoms with E-state index >= 15 is 0 Å². The Hall–Kier alpha value is -2.45. The molecule has 0 aliphatic rings. The number of ether oxygens (including phenoxy) is 1. The maximum atomic E-state index is 12.6. The highest BCUT2D eigenvalue weighted by Crippen LogP contribution is 2.11. The zero-order valence-corrected chi connectivity index (χ0v) is 16.0. The van der Waals surface area contributed by atoms with Crippen molar-refractivity contribution in [3.8, 4) is 0 Å². The zero-order valence-electron chi connectivity index (χ0n) is 16.0. The summed E-state index contributed by atoms with van der Waals surface area (Å²) in [6.07, 6.45) is 2.86. The summed E-state index contributed by atoms with van der Waals surface area (Å²) in [5.74, 6) is -1.07. The molecule has 0 aliphatic carbocycles. The van der Waals surface area contributed by atoms with Crippen molar-refractivity contribution in [1.29, 1.82) is 0 Å². The molecule has 0 bridgehead atoms. The standard InChI is InChI=1S/C19H30N4O4/c1-3-14-7-9-15(10-8-14)22-19(26)16(6-4-5-11-20)23-18(25)13-27-12-17(24)21-2/h7-10,16H,3-6,11-13,20H2,1-2H3,(H,21,24)(H,22,26)(H,23,25). The zero-order chi connectivity index (χ0) is 20.1. The third-order valence-electron chi connectivity index (χ3n) is 3.97. The van der Waals surface area contributed by atoms with Gasteiger partial charge < -0.3 is 26.4 Å². The maximum absolute atomic E-state index is 12.6. The summed E-state index contributed by atoms with van der Waals surface area (Å²) in [5, 5.41) is 7.88. The maximum Gasteiger partial charge on any atom is 0.246 e. The van der Waals surface area contributed by atoms with Crippen LogP contribution in [0.5, 0.6) is 0 Å². The second-order valence-corrected chi connectivity index (χ2v) is 6.11. The third kappa shape index (κ3) is 9.16. The van der Waals surface area contributed by atoms with Crippen LogP contribution in [0.4, 0.5) is 5.69 Å². The fourth-order valence-electron chi connectivity index (χ4n) is 2.36. The van der Waals surface area contributed by atoms with E-state index in [9.17, 15) is 14.4 Å². The lowest BCUT2D eigenvalue weighted by molar-refractivity contribution is -0.133. The van der Waals surface area contributed by atoms with E-state index in [2.05, 4.69) is 22.9 Å². The lowest BCUT2D eigenvalue weighted by atomic mass is 10.1. The smallest absolute Gasteiger partial charge is 0.246 e. The minimum atomic E-state index is -0.696. The fourth-order valence-corrected chi connectivity index (χ4v) is 2.36. The van der Waals surface area contributed by atoms with Crippen LogP contribution in [-0.4, -0.2) is 50.6 Å². The second-order valence-electron chi connectivity index (χ2n) is 6.11. The molecule has 150 valence electrons. The molecule has 1 atom stereocenters. The molecule has 0 saturated heterocycles. The summed E-state index contributed by atoms with van der Waals surface area (Å²) >= 11 is 0. The number of carbonyl (C=O) groups excluding carboxylic acids is 3. The SMILES string of the molecule is CCc1ccc(NC(=O)C(CCCCN)NC(=O)COCC(=O)NC)cc1.